The molecule has 23 heavy (non-hydrogen) atoms. The molecule has 0 N–H and O–H groups in total. The van der Waals surface area contributed by atoms with Crippen LogP contribution in [-0.2, 0) is 0 Å². The molecule has 3 nitrogen and oxygen atoms in total. The summed E-state index contributed by atoms with van der Waals surface area (Å²) in [6.45, 7) is 6.47. The predicted molar refractivity (Wildman–Crippen MR) is 99.4 cm³/mol. The van der Waals surface area contributed by atoms with Crippen LogP contribution in [0.1, 0.15) is 39.2 Å². The first-order chi connectivity index (χ1) is 11.3. The van der Waals surface area contributed by atoms with Crippen molar-refractivity contribution in [1.29, 1.82) is 0 Å². The van der Waals surface area contributed by atoms with E-state index in [-0.39, 0.29) is 0 Å². The maximum absolute atomic E-state index is 5.72. The van der Waals surface area contributed by atoms with E-state index in [2.05, 4.69) is 31.8 Å². The van der Waals surface area contributed by atoms with Crippen LogP contribution < -0.4 is 0 Å². The molecule has 0 bridgehead atoms. The average Bonchev–Trinajstić information content (AvgIpc) is 2.61. The molecule has 3 heterocycles. The Labute approximate surface area is 142 Å². The van der Waals surface area contributed by atoms with Crippen molar-refractivity contribution in [2.75, 3.05) is 0 Å². The van der Waals surface area contributed by atoms with Gasteiger partial charge in [0.25, 0.3) is 0 Å². The average molecular weight is 321 g/mol. The van der Waals surface area contributed by atoms with Crippen LogP contribution in [0.3, 0.4) is 0 Å². The van der Waals surface area contributed by atoms with E-state index < -0.39 is 0 Å². The van der Waals surface area contributed by atoms with Gasteiger partial charge < -0.3 is 0 Å². The third-order valence-electron chi connectivity index (χ3n) is 4.16. The second-order valence-corrected chi connectivity index (χ2v) is 6.10. The van der Waals surface area contributed by atoms with Gasteiger partial charge in [-0.25, -0.2) is 0 Å². The van der Waals surface area contributed by atoms with Gasteiger partial charge in [-0.2, -0.15) is 0 Å². The van der Waals surface area contributed by atoms with Crippen molar-refractivity contribution < 1.29 is 0 Å². The summed E-state index contributed by atoms with van der Waals surface area (Å²) in [5.41, 5.74) is 2.86. The Hall–Kier alpha value is -1.88. The number of pyridine rings is 1. The third-order valence-corrected chi connectivity index (χ3v) is 4.57. The van der Waals surface area contributed by atoms with Gasteiger partial charge in [0.1, 0.15) is 0 Å². The molecule has 0 radical (unpaired) electrons. The molecule has 0 aliphatic carbocycles. The molecule has 3 aromatic rings. The molecule has 0 spiro atoms. The fraction of sp³-hybridized carbons (Fsp3) is 0.333. The number of nitrogens with zero attached hydrogens (tertiary/aromatic N) is 3. The number of fused-ring (bicyclic) bond motifs is 1. The Morgan fingerprint density at radius 3 is 2.78 bits per heavy atom. The zero-order valence-electron chi connectivity index (χ0n) is 13.6. The normalized spacial score (nSPS) is 12.3. The summed E-state index contributed by atoms with van der Waals surface area (Å²) < 4.78 is 2.82. The first kappa shape index (κ1) is 16.0. The van der Waals surface area contributed by atoms with E-state index >= 15 is 0 Å². The van der Waals surface area contributed by atoms with Crippen molar-refractivity contribution in [2.24, 2.45) is 0 Å². The van der Waals surface area contributed by atoms with E-state index in [0.717, 1.165) is 46.0 Å². The Bertz CT molecular complexity index is 861. The Morgan fingerprint density at radius 1 is 1.22 bits per heavy atom. The third kappa shape index (κ3) is 3.11. The van der Waals surface area contributed by atoms with E-state index in [1.807, 2.05) is 34.9 Å². The molecule has 1 unspecified atom stereocenters. The summed E-state index contributed by atoms with van der Waals surface area (Å²) in [6.07, 6.45) is 5.03. The Morgan fingerprint density at radius 2 is 2.09 bits per heavy atom. The van der Waals surface area contributed by atoms with Crippen molar-refractivity contribution >= 4 is 30.0 Å². The van der Waals surface area contributed by atoms with Crippen LogP contribution >= 0.6 is 12.2 Å². The number of hydrogen-bond donors (Lipinski definition) is 0. The topological polar surface area (TPSA) is 30.7 Å². The summed E-state index contributed by atoms with van der Waals surface area (Å²) in [5, 5.41) is 5.92. The van der Waals surface area contributed by atoms with Gasteiger partial charge in [-0.05, 0) is 0 Å². The molecule has 0 aliphatic heterocycles. The standard InChI is InChI=1S/C18H20BN3S/c1-3-8-13(4-2)22-18(23)14-9-7-12-20-16(14)17(21-22)15-10-5-6-11-19-15/h5-7,9-13H,3-4,8H2,1-2H3. The van der Waals surface area contributed by atoms with Gasteiger partial charge >= 0.3 is 142 Å². The molecule has 0 aliphatic rings. The van der Waals surface area contributed by atoms with Crippen LogP contribution in [0.25, 0.3) is 22.1 Å². The molecule has 3 aromatic heterocycles. The molecular weight excluding hydrogens is 301 g/mol. The summed E-state index contributed by atoms with van der Waals surface area (Å²) >= 11 is 5.72. The van der Waals surface area contributed by atoms with Crippen molar-refractivity contribution in [1.82, 2.24) is 14.8 Å². The molecular formula is C18H20BN3S. The first-order valence-corrected chi connectivity index (χ1v) is 8.60. The van der Waals surface area contributed by atoms with Gasteiger partial charge in [-0.15, -0.1) is 0 Å². The second kappa shape index (κ2) is 7.13. The van der Waals surface area contributed by atoms with Crippen LogP contribution in [0.2, 0.25) is 0 Å². The van der Waals surface area contributed by atoms with E-state index in [9.17, 15) is 0 Å². The molecule has 3 rings (SSSR count). The second-order valence-electron chi connectivity index (χ2n) is 5.71. The van der Waals surface area contributed by atoms with Gasteiger partial charge in [0.05, 0.1) is 0 Å². The van der Waals surface area contributed by atoms with Crippen LogP contribution in [-0.4, -0.2) is 21.7 Å². The maximum atomic E-state index is 5.72. The molecule has 0 amide bonds. The molecule has 0 saturated carbocycles. The monoisotopic (exact) mass is 321 g/mol. The van der Waals surface area contributed by atoms with Gasteiger partial charge in [0.2, 0.25) is 0 Å². The molecule has 1 atom stereocenters. The molecule has 0 aromatic carbocycles. The zero-order valence-corrected chi connectivity index (χ0v) is 14.4. The van der Waals surface area contributed by atoms with E-state index in [1.54, 1.807) is 6.20 Å². The number of rotatable bonds is 5. The van der Waals surface area contributed by atoms with E-state index in [0.29, 0.717) is 6.04 Å². The fourth-order valence-corrected chi connectivity index (χ4v) is 3.32. The molecule has 5 heteroatoms. The minimum absolute atomic E-state index is 0.333. The van der Waals surface area contributed by atoms with Crippen molar-refractivity contribution in [3.63, 3.8) is 0 Å². The van der Waals surface area contributed by atoms with E-state index in [4.69, 9.17) is 17.3 Å². The van der Waals surface area contributed by atoms with Crippen LogP contribution in [0.15, 0.2) is 42.5 Å². The fourth-order valence-electron chi connectivity index (χ4n) is 2.96. The number of aromatic nitrogens is 3. The van der Waals surface area contributed by atoms with Crippen molar-refractivity contribution in [2.45, 2.75) is 39.2 Å². The van der Waals surface area contributed by atoms with Crippen LogP contribution in [0, 0.1) is 4.64 Å². The summed E-state index contributed by atoms with van der Waals surface area (Å²) in [7, 11) is 0. The number of hydrogen-bond acceptors (Lipinski definition) is 3. The quantitative estimate of drug-likeness (QED) is 0.625. The summed E-state index contributed by atoms with van der Waals surface area (Å²) in [5.74, 6) is 2.03. The first-order valence-electron chi connectivity index (χ1n) is 8.19. The van der Waals surface area contributed by atoms with Gasteiger partial charge in [0, 0.05) is 0 Å². The van der Waals surface area contributed by atoms with Gasteiger partial charge in [-0.3, -0.25) is 0 Å². The summed E-state index contributed by atoms with van der Waals surface area (Å²) in [4.78, 5) is 4.55. The zero-order chi connectivity index (χ0) is 16.2. The molecule has 0 fully saturated rings. The Balaban J connectivity index is 2.31. The van der Waals surface area contributed by atoms with Crippen molar-refractivity contribution in [3.8, 4) is 11.2 Å². The molecule has 116 valence electrons. The van der Waals surface area contributed by atoms with Crippen LogP contribution in [0.4, 0.5) is 0 Å². The molecule has 0 saturated heterocycles. The SMILES string of the molecule is CCCC(CC)n1nc(-c2bcccc2)c2ncccc2c1=S. The van der Waals surface area contributed by atoms with E-state index in [1.165, 1.54) is 0 Å². The van der Waals surface area contributed by atoms with Crippen LogP contribution in [0.5, 0.6) is 0 Å². The van der Waals surface area contributed by atoms with Gasteiger partial charge in [0.15, 0.2) is 0 Å². The van der Waals surface area contributed by atoms with Gasteiger partial charge in [-0.1, -0.05) is 0 Å². The summed E-state index contributed by atoms with van der Waals surface area (Å²) in [6, 6.07) is 10.4. The Kier molecular flexibility index (Phi) is 4.96. The minimum atomic E-state index is 0.333. The predicted octanol–water partition coefficient (Wildman–Crippen LogP) is 4.92. The van der Waals surface area contributed by atoms with Crippen molar-refractivity contribution in [3.05, 3.63) is 47.1 Å².